The molecule has 29 heavy (non-hydrogen) atoms. The number of carbonyl (C=O) groups excluding carboxylic acids is 2. The van der Waals surface area contributed by atoms with E-state index in [0.29, 0.717) is 34.9 Å². The van der Waals surface area contributed by atoms with Gasteiger partial charge in [-0.15, -0.1) is 0 Å². The van der Waals surface area contributed by atoms with E-state index in [1.165, 1.54) is 19.1 Å². The SMILES string of the molecule is CC[NH+](CC)CCOC(=O)c1ccc(NC(=O)c2cc(OC)cc(OC)c2)cc1. The largest absolute Gasteiger partial charge is 0.497 e. The van der Waals surface area contributed by atoms with Crippen LogP contribution in [0, 0.1) is 0 Å². The summed E-state index contributed by atoms with van der Waals surface area (Å²) in [6, 6.07) is 11.5. The van der Waals surface area contributed by atoms with Crippen LogP contribution in [-0.4, -0.2) is 52.3 Å². The minimum absolute atomic E-state index is 0.306. The highest BCUT2D eigenvalue weighted by atomic mass is 16.5. The fourth-order valence-corrected chi connectivity index (χ4v) is 2.81. The Balaban J connectivity index is 1.96. The van der Waals surface area contributed by atoms with Crippen molar-refractivity contribution in [3.63, 3.8) is 0 Å². The number of quaternary nitrogens is 1. The van der Waals surface area contributed by atoms with Crippen LogP contribution in [0.25, 0.3) is 0 Å². The van der Waals surface area contributed by atoms with Gasteiger partial charge in [0.2, 0.25) is 0 Å². The lowest BCUT2D eigenvalue weighted by atomic mass is 10.1. The van der Waals surface area contributed by atoms with Crippen molar-refractivity contribution in [3.05, 3.63) is 53.6 Å². The van der Waals surface area contributed by atoms with Gasteiger partial charge in [-0.05, 0) is 50.2 Å². The summed E-state index contributed by atoms with van der Waals surface area (Å²) < 4.78 is 15.7. The molecule has 0 aliphatic carbocycles. The summed E-state index contributed by atoms with van der Waals surface area (Å²) in [5, 5.41) is 2.79. The normalized spacial score (nSPS) is 10.5. The lowest BCUT2D eigenvalue weighted by molar-refractivity contribution is -0.896. The molecule has 2 aromatic carbocycles. The van der Waals surface area contributed by atoms with E-state index in [1.54, 1.807) is 42.5 Å². The first-order chi connectivity index (χ1) is 14.0. The van der Waals surface area contributed by atoms with Gasteiger partial charge in [0.25, 0.3) is 5.91 Å². The summed E-state index contributed by atoms with van der Waals surface area (Å²) in [6.07, 6.45) is 0. The van der Waals surface area contributed by atoms with E-state index < -0.39 is 0 Å². The second kappa shape index (κ2) is 11.1. The van der Waals surface area contributed by atoms with Crippen LogP contribution in [0.15, 0.2) is 42.5 Å². The van der Waals surface area contributed by atoms with Crippen molar-refractivity contribution >= 4 is 17.6 Å². The molecule has 0 fully saturated rings. The zero-order valence-electron chi connectivity index (χ0n) is 17.4. The Hall–Kier alpha value is -3.06. The fraction of sp³-hybridized carbons (Fsp3) is 0.364. The molecule has 0 saturated carbocycles. The highest BCUT2D eigenvalue weighted by molar-refractivity contribution is 6.05. The molecule has 156 valence electrons. The van der Waals surface area contributed by atoms with Crippen LogP contribution in [0.4, 0.5) is 5.69 Å². The quantitative estimate of drug-likeness (QED) is 0.596. The molecule has 0 atom stereocenters. The van der Waals surface area contributed by atoms with E-state index in [1.807, 2.05) is 0 Å². The molecule has 2 aromatic rings. The van der Waals surface area contributed by atoms with Gasteiger partial charge in [0.05, 0.1) is 32.9 Å². The van der Waals surface area contributed by atoms with Crippen molar-refractivity contribution in [3.8, 4) is 11.5 Å². The van der Waals surface area contributed by atoms with Crippen LogP contribution in [0.2, 0.25) is 0 Å². The van der Waals surface area contributed by atoms with Crippen molar-refractivity contribution in [2.75, 3.05) is 45.8 Å². The maximum absolute atomic E-state index is 12.5. The van der Waals surface area contributed by atoms with Gasteiger partial charge in [0.1, 0.15) is 24.7 Å². The predicted molar refractivity (Wildman–Crippen MR) is 111 cm³/mol. The highest BCUT2D eigenvalue weighted by Gasteiger charge is 2.12. The van der Waals surface area contributed by atoms with Crippen molar-refractivity contribution in [1.29, 1.82) is 0 Å². The zero-order chi connectivity index (χ0) is 21.2. The molecule has 0 radical (unpaired) electrons. The van der Waals surface area contributed by atoms with Crippen LogP contribution >= 0.6 is 0 Å². The molecular formula is C22H29N2O5+. The summed E-state index contributed by atoms with van der Waals surface area (Å²) in [7, 11) is 3.05. The number of methoxy groups -OCH3 is 2. The standard InChI is InChI=1S/C22H28N2O5/c1-5-24(6-2)11-12-29-22(26)16-7-9-18(10-8-16)23-21(25)17-13-19(27-3)15-20(14-17)28-4/h7-10,13-15H,5-6,11-12H2,1-4H3,(H,23,25)/p+1. The molecule has 0 unspecified atom stereocenters. The van der Waals surface area contributed by atoms with E-state index in [-0.39, 0.29) is 11.9 Å². The van der Waals surface area contributed by atoms with Gasteiger partial charge < -0.3 is 24.4 Å². The number of anilines is 1. The van der Waals surface area contributed by atoms with E-state index >= 15 is 0 Å². The average molecular weight is 401 g/mol. The first kappa shape index (κ1) is 22.2. The molecule has 1 amide bonds. The monoisotopic (exact) mass is 401 g/mol. The third-order valence-corrected chi connectivity index (χ3v) is 4.68. The molecule has 2 rings (SSSR count). The summed E-state index contributed by atoms with van der Waals surface area (Å²) in [5.41, 5.74) is 1.42. The van der Waals surface area contributed by atoms with Gasteiger partial charge in [-0.3, -0.25) is 4.79 Å². The number of carbonyl (C=O) groups is 2. The van der Waals surface area contributed by atoms with Gasteiger partial charge >= 0.3 is 5.97 Å². The maximum Gasteiger partial charge on any atom is 0.338 e. The number of rotatable bonds is 10. The Morgan fingerprint density at radius 2 is 1.48 bits per heavy atom. The Kier molecular flexibility index (Phi) is 8.48. The molecule has 2 N–H and O–H groups in total. The van der Waals surface area contributed by atoms with Crippen LogP contribution in [0.3, 0.4) is 0 Å². The predicted octanol–water partition coefficient (Wildman–Crippen LogP) is 2.04. The Morgan fingerprint density at radius 1 is 0.897 bits per heavy atom. The minimum Gasteiger partial charge on any atom is -0.497 e. The van der Waals surface area contributed by atoms with Crippen molar-refractivity contribution in [1.82, 2.24) is 0 Å². The van der Waals surface area contributed by atoms with Crippen molar-refractivity contribution in [2.24, 2.45) is 0 Å². The number of hydrogen-bond donors (Lipinski definition) is 2. The first-order valence-corrected chi connectivity index (χ1v) is 9.65. The average Bonchev–Trinajstić information content (AvgIpc) is 2.76. The zero-order valence-corrected chi connectivity index (χ0v) is 17.4. The van der Waals surface area contributed by atoms with Crippen LogP contribution < -0.4 is 19.7 Å². The molecule has 0 bridgehead atoms. The molecule has 0 aliphatic heterocycles. The molecule has 0 spiro atoms. The van der Waals surface area contributed by atoms with Crippen molar-refractivity contribution < 1.29 is 28.7 Å². The van der Waals surface area contributed by atoms with Crippen LogP contribution in [0.1, 0.15) is 34.6 Å². The van der Waals surface area contributed by atoms with Crippen LogP contribution in [0.5, 0.6) is 11.5 Å². The number of likely N-dealkylation sites (N-methyl/N-ethyl adjacent to an activating group) is 1. The molecule has 0 aliphatic rings. The molecule has 0 saturated heterocycles. The van der Waals surface area contributed by atoms with Gasteiger partial charge in [-0.1, -0.05) is 0 Å². The lowest BCUT2D eigenvalue weighted by Gasteiger charge is -2.15. The molecule has 0 heterocycles. The fourth-order valence-electron chi connectivity index (χ4n) is 2.81. The topological polar surface area (TPSA) is 78.3 Å². The van der Waals surface area contributed by atoms with E-state index in [0.717, 1.165) is 19.6 Å². The van der Waals surface area contributed by atoms with E-state index in [2.05, 4.69) is 19.2 Å². The van der Waals surface area contributed by atoms with Crippen molar-refractivity contribution in [2.45, 2.75) is 13.8 Å². The van der Waals surface area contributed by atoms with Crippen LogP contribution in [-0.2, 0) is 4.74 Å². The number of hydrogen-bond acceptors (Lipinski definition) is 5. The van der Waals surface area contributed by atoms with Gasteiger partial charge in [-0.25, -0.2) is 4.79 Å². The molecular weight excluding hydrogens is 372 g/mol. The minimum atomic E-state index is -0.369. The number of amides is 1. The van der Waals surface area contributed by atoms with Gasteiger partial charge in [-0.2, -0.15) is 0 Å². The number of nitrogens with one attached hydrogen (secondary N) is 2. The third-order valence-electron chi connectivity index (χ3n) is 4.68. The molecule has 7 heteroatoms. The second-order valence-corrected chi connectivity index (χ2v) is 6.48. The molecule has 0 aromatic heterocycles. The lowest BCUT2D eigenvalue weighted by Crippen LogP contribution is -3.11. The Bertz CT molecular complexity index is 794. The second-order valence-electron chi connectivity index (χ2n) is 6.48. The number of benzene rings is 2. The van der Waals surface area contributed by atoms with E-state index in [4.69, 9.17) is 14.2 Å². The number of ether oxygens (including phenoxy) is 3. The number of esters is 1. The van der Waals surface area contributed by atoms with E-state index in [9.17, 15) is 9.59 Å². The first-order valence-electron chi connectivity index (χ1n) is 9.65. The summed E-state index contributed by atoms with van der Waals surface area (Å²) in [5.74, 6) is 0.380. The Morgan fingerprint density at radius 3 is 2.00 bits per heavy atom. The smallest absolute Gasteiger partial charge is 0.338 e. The summed E-state index contributed by atoms with van der Waals surface area (Å²) in [6.45, 7) is 7.39. The molecule has 7 nitrogen and oxygen atoms in total. The Labute approximate surface area is 171 Å². The summed E-state index contributed by atoms with van der Waals surface area (Å²) >= 11 is 0. The third kappa shape index (κ3) is 6.50. The van der Waals surface area contributed by atoms with Gasteiger partial charge in [0, 0.05) is 17.3 Å². The van der Waals surface area contributed by atoms with Gasteiger partial charge in [0.15, 0.2) is 0 Å². The highest BCUT2D eigenvalue weighted by Crippen LogP contribution is 2.23. The summed E-state index contributed by atoms with van der Waals surface area (Å²) in [4.78, 5) is 26.0. The maximum atomic E-state index is 12.5.